The van der Waals surface area contributed by atoms with E-state index in [1.807, 2.05) is 18.2 Å². The van der Waals surface area contributed by atoms with E-state index in [2.05, 4.69) is 11.4 Å². The Balaban J connectivity index is 2.34. The molecule has 1 N–H and O–H groups in total. The second-order valence-corrected chi connectivity index (χ2v) is 5.71. The third kappa shape index (κ3) is 2.76. The maximum atomic E-state index is 11.8. The van der Waals surface area contributed by atoms with Gasteiger partial charge in [0.1, 0.15) is 0 Å². The summed E-state index contributed by atoms with van der Waals surface area (Å²) >= 11 is 0. The van der Waals surface area contributed by atoms with Crippen LogP contribution in [0.25, 0.3) is 0 Å². The zero-order valence-electron chi connectivity index (χ0n) is 10.3. The van der Waals surface area contributed by atoms with E-state index in [9.17, 15) is 4.21 Å². The van der Waals surface area contributed by atoms with Gasteiger partial charge in [-0.1, -0.05) is 18.2 Å². The second-order valence-electron chi connectivity index (χ2n) is 4.37. The van der Waals surface area contributed by atoms with Crippen LogP contribution in [0.15, 0.2) is 29.2 Å². The predicted molar refractivity (Wildman–Crippen MR) is 69.8 cm³/mol. The van der Waals surface area contributed by atoms with Crippen molar-refractivity contribution in [3.8, 4) is 0 Å². The molecule has 0 spiro atoms. The van der Waals surface area contributed by atoms with Gasteiger partial charge in [0.2, 0.25) is 0 Å². The van der Waals surface area contributed by atoms with E-state index in [4.69, 9.17) is 4.74 Å². The first kappa shape index (κ1) is 12.7. The van der Waals surface area contributed by atoms with Crippen LogP contribution >= 0.6 is 0 Å². The quantitative estimate of drug-likeness (QED) is 0.887. The lowest BCUT2D eigenvalue weighted by molar-refractivity contribution is 0.0617. The van der Waals surface area contributed by atoms with Gasteiger partial charge < -0.3 is 10.1 Å². The molecule has 1 aliphatic heterocycles. The third-order valence-electron chi connectivity index (χ3n) is 3.36. The van der Waals surface area contributed by atoms with Crippen LogP contribution in [0.2, 0.25) is 0 Å². The Labute approximate surface area is 105 Å². The van der Waals surface area contributed by atoms with Gasteiger partial charge in [0.15, 0.2) is 0 Å². The van der Waals surface area contributed by atoms with Gasteiger partial charge in [-0.3, -0.25) is 4.21 Å². The average Bonchev–Trinajstić information content (AvgIpc) is 2.38. The SMILES string of the molecule is COC1CNCCC1c1ccccc1S(C)=O. The zero-order chi connectivity index (χ0) is 12.3. The van der Waals surface area contributed by atoms with Gasteiger partial charge in [-0.15, -0.1) is 0 Å². The maximum Gasteiger partial charge on any atom is 0.0764 e. The Morgan fingerprint density at radius 3 is 2.88 bits per heavy atom. The van der Waals surface area contributed by atoms with Crippen molar-refractivity contribution in [1.29, 1.82) is 0 Å². The molecule has 0 saturated carbocycles. The Morgan fingerprint density at radius 1 is 1.41 bits per heavy atom. The largest absolute Gasteiger partial charge is 0.379 e. The number of nitrogens with one attached hydrogen (secondary N) is 1. The number of ether oxygens (including phenoxy) is 1. The summed E-state index contributed by atoms with van der Waals surface area (Å²) in [5.74, 6) is 0.348. The van der Waals surface area contributed by atoms with Gasteiger partial charge in [-0.2, -0.15) is 0 Å². The molecule has 0 amide bonds. The van der Waals surface area contributed by atoms with Crippen LogP contribution in [0.5, 0.6) is 0 Å². The fourth-order valence-electron chi connectivity index (χ4n) is 2.48. The van der Waals surface area contributed by atoms with E-state index in [0.717, 1.165) is 24.4 Å². The van der Waals surface area contributed by atoms with Crippen molar-refractivity contribution < 1.29 is 8.95 Å². The molecule has 3 nitrogen and oxygen atoms in total. The Morgan fingerprint density at radius 2 is 2.18 bits per heavy atom. The molecule has 1 aliphatic rings. The first-order valence-corrected chi connectivity index (χ1v) is 7.45. The summed E-state index contributed by atoms with van der Waals surface area (Å²) in [7, 11) is 0.811. The molecule has 1 saturated heterocycles. The van der Waals surface area contributed by atoms with Gasteiger partial charge >= 0.3 is 0 Å². The smallest absolute Gasteiger partial charge is 0.0764 e. The summed E-state index contributed by atoms with van der Waals surface area (Å²) in [6.07, 6.45) is 2.95. The minimum absolute atomic E-state index is 0.174. The highest BCUT2D eigenvalue weighted by Gasteiger charge is 2.28. The van der Waals surface area contributed by atoms with Gasteiger partial charge in [-0.05, 0) is 24.6 Å². The first-order chi connectivity index (χ1) is 8.24. The number of benzene rings is 1. The lowest BCUT2D eigenvalue weighted by Gasteiger charge is -2.32. The van der Waals surface area contributed by atoms with E-state index in [-0.39, 0.29) is 6.10 Å². The van der Waals surface area contributed by atoms with E-state index < -0.39 is 10.8 Å². The third-order valence-corrected chi connectivity index (χ3v) is 4.35. The van der Waals surface area contributed by atoms with Crippen molar-refractivity contribution in [1.82, 2.24) is 5.32 Å². The zero-order valence-corrected chi connectivity index (χ0v) is 11.1. The standard InChI is InChI=1S/C13H19NO2S/c1-16-12-9-14-8-7-10(12)11-5-3-4-6-13(11)17(2)15/h3-6,10,12,14H,7-9H2,1-2H3. The molecule has 94 valence electrons. The fraction of sp³-hybridized carbons (Fsp3) is 0.538. The summed E-state index contributed by atoms with van der Waals surface area (Å²) in [6.45, 7) is 1.86. The van der Waals surface area contributed by atoms with Crippen LogP contribution < -0.4 is 5.32 Å². The molecule has 1 heterocycles. The van der Waals surface area contributed by atoms with Crippen molar-refractivity contribution in [2.75, 3.05) is 26.5 Å². The lowest BCUT2D eigenvalue weighted by Crippen LogP contribution is -2.40. The number of hydrogen-bond donors (Lipinski definition) is 1. The van der Waals surface area contributed by atoms with Crippen molar-refractivity contribution in [2.45, 2.75) is 23.3 Å². The summed E-state index contributed by atoms with van der Waals surface area (Å²) in [5, 5.41) is 3.33. The van der Waals surface area contributed by atoms with Gasteiger partial charge in [0.05, 0.1) is 16.9 Å². The molecule has 2 rings (SSSR count). The Bertz CT molecular complexity index is 408. The first-order valence-electron chi connectivity index (χ1n) is 5.90. The monoisotopic (exact) mass is 253 g/mol. The topological polar surface area (TPSA) is 38.3 Å². The summed E-state index contributed by atoms with van der Waals surface area (Å²) in [4.78, 5) is 0.946. The number of hydrogen-bond acceptors (Lipinski definition) is 3. The van der Waals surface area contributed by atoms with E-state index in [0.29, 0.717) is 5.92 Å². The van der Waals surface area contributed by atoms with Crippen LogP contribution in [-0.4, -0.2) is 36.8 Å². The van der Waals surface area contributed by atoms with Crippen LogP contribution in [-0.2, 0) is 15.5 Å². The highest BCUT2D eigenvalue weighted by Crippen LogP contribution is 2.31. The van der Waals surface area contributed by atoms with Crippen molar-refractivity contribution in [2.24, 2.45) is 0 Å². The minimum atomic E-state index is -0.935. The Kier molecular flexibility index (Phi) is 4.31. The van der Waals surface area contributed by atoms with Crippen LogP contribution in [0.4, 0.5) is 0 Å². The molecule has 1 fully saturated rings. The number of methoxy groups -OCH3 is 1. The molecule has 3 atom stereocenters. The van der Waals surface area contributed by atoms with Crippen molar-refractivity contribution >= 4 is 10.8 Å². The fourth-order valence-corrected chi connectivity index (χ4v) is 3.30. The average molecular weight is 253 g/mol. The summed E-state index contributed by atoms with van der Waals surface area (Å²) in [5.41, 5.74) is 1.18. The molecule has 0 radical (unpaired) electrons. The predicted octanol–water partition coefficient (Wildman–Crippen LogP) is 1.52. The molecule has 3 unspecified atom stereocenters. The molecule has 0 bridgehead atoms. The molecule has 17 heavy (non-hydrogen) atoms. The van der Waals surface area contributed by atoms with Crippen molar-refractivity contribution in [3.05, 3.63) is 29.8 Å². The van der Waals surface area contributed by atoms with Crippen LogP contribution in [0.3, 0.4) is 0 Å². The highest BCUT2D eigenvalue weighted by molar-refractivity contribution is 7.84. The maximum absolute atomic E-state index is 11.8. The number of piperidine rings is 1. The van der Waals surface area contributed by atoms with Gasteiger partial charge in [0, 0.05) is 30.7 Å². The minimum Gasteiger partial charge on any atom is -0.379 e. The second kappa shape index (κ2) is 5.76. The van der Waals surface area contributed by atoms with Crippen LogP contribution in [0, 0.1) is 0 Å². The van der Waals surface area contributed by atoms with Gasteiger partial charge in [0.25, 0.3) is 0 Å². The number of rotatable bonds is 3. The molecule has 1 aromatic rings. The van der Waals surface area contributed by atoms with E-state index in [1.54, 1.807) is 13.4 Å². The molecular weight excluding hydrogens is 234 g/mol. The van der Waals surface area contributed by atoms with E-state index in [1.165, 1.54) is 5.56 Å². The summed E-state index contributed by atoms with van der Waals surface area (Å²) in [6, 6.07) is 8.00. The normalized spacial score (nSPS) is 26.7. The molecular formula is C13H19NO2S. The highest BCUT2D eigenvalue weighted by atomic mass is 32.2. The van der Waals surface area contributed by atoms with E-state index >= 15 is 0 Å². The van der Waals surface area contributed by atoms with Gasteiger partial charge in [-0.25, -0.2) is 0 Å². The molecule has 4 heteroatoms. The van der Waals surface area contributed by atoms with Crippen LogP contribution in [0.1, 0.15) is 17.9 Å². The Hall–Kier alpha value is -0.710. The molecule has 1 aromatic carbocycles. The molecule has 0 aromatic heterocycles. The summed E-state index contributed by atoms with van der Waals surface area (Å²) < 4.78 is 17.3. The molecule has 0 aliphatic carbocycles. The van der Waals surface area contributed by atoms with Crippen molar-refractivity contribution in [3.63, 3.8) is 0 Å². The lowest BCUT2D eigenvalue weighted by atomic mass is 9.88.